The highest BCUT2D eigenvalue weighted by Crippen LogP contribution is 2.28. The SMILES string of the molecule is Cc1ccc(C(C)(C)C)cc1C(C)CN=C=O. The van der Waals surface area contributed by atoms with E-state index < -0.39 is 0 Å². The van der Waals surface area contributed by atoms with Gasteiger partial charge in [-0.1, -0.05) is 45.9 Å². The van der Waals surface area contributed by atoms with Crippen LogP contribution in [0, 0.1) is 6.92 Å². The average Bonchev–Trinajstić information content (AvgIpc) is 2.24. The van der Waals surface area contributed by atoms with E-state index in [1.54, 1.807) is 6.08 Å². The summed E-state index contributed by atoms with van der Waals surface area (Å²) in [6.07, 6.45) is 1.61. The van der Waals surface area contributed by atoms with Crippen molar-refractivity contribution in [3.05, 3.63) is 34.9 Å². The fraction of sp³-hybridized carbons (Fsp3) is 0.533. The summed E-state index contributed by atoms with van der Waals surface area (Å²) in [4.78, 5) is 13.8. The van der Waals surface area contributed by atoms with Crippen LogP contribution in [-0.2, 0) is 10.2 Å². The molecule has 2 heteroatoms. The molecule has 0 fully saturated rings. The molecule has 0 radical (unpaired) electrons. The van der Waals surface area contributed by atoms with Gasteiger partial charge in [-0.05, 0) is 29.0 Å². The summed E-state index contributed by atoms with van der Waals surface area (Å²) in [6.45, 7) is 11.3. The average molecular weight is 231 g/mol. The Morgan fingerprint density at radius 2 is 2.00 bits per heavy atom. The van der Waals surface area contributed by atoms with Crippen molar-refractivity contribution in [2.45, 2.75) is 46.0 Å². The molecule has 0 heterocycles. The van der Waals surface area contributed by atoms with E-state index in [9.17, 15) is 4.79 Å². The van der Waals surface area contributed by atoms with Crippen molar-refractivity contribution in [2.24, 2.45) is 4.99 Å². The molecule has 0 aromatic heterocycles. The molecular weight excluding hydrogens is 210 g/mol. The molecule has 0 amide bonds. The second-order valence-corrected chi connectivity index (χ2v) is 5.65. The molecule has 92 valence electrons. The van der Waals surface area contributed by atoms with Gasteiger partial charge in [-0.3, -0.25) is 0 Å². The molecule has 2 nitrogen and oxygen atoms in total. The van der Waals surface area contributed by atoms with Gasteiger partial charge in [-0.25, -0.2) is 9.79 Å². The van der Waals surface area contributed by atoms with Gasteiger partial charge >= 0.3 is 0 Å². The van der Waals surface area contributed by atoms with Crippen LogP contribution in [0.4, 0.5) is 0 Å². The topological polar surface area (TPSA) is 29.4 Å². The fourth-order valence-corrected chi connectivity index (χ4v) is 1.91. The summed E-state index contributed by atoms with van der Waals surface area (Å²) >= 11 is 0. The Balaban J connectivity index is 3.10. The number of hydrogen-bond donors (Lipinski definition) is 0. The van der Waals surface area contributed by atoms with Crippen LogP contribution in [0.15, 0.2) is 23.2 Å². The Kier molecular flexibility index (Phi) is 4.25. The van der Waals surface area contributed by atoms with Crippen LogP contribution < -0.4 is 0 Å². The van der Waals surface area contributed by atoms with E-state index in [0.717, 1.165) is 0 Å². The van der Waals surface area contributed by atoms with Gasteiger partial charge in [0.1, 0.15) is 0 Å². The molecule has 1 aromatic carbocycles. The molecule has 17 heavy (non-hydrogen) atoms. The highest BCUT2D eigenvalue weighted by atomic mass is 16.1. The largest absolute Gasteiger partial charge is 0.234 e. The Labute approximate surface area is 104 Å². The second kappa shape index (κ2) is 5.29. The zero-order chi connectivity index (χ0) is 13.1. The highest BCUT2D eigenvalue weighted by Gasteiger charge is 2.16. The third-order valence-electron chi connectivity index (χ3n) is 3.11. The smallest absolute Gasteiger partial charge is 0.211 e. The van der Waals surface area contributed by atoms with Gasteiger partial charge in [0.2, 0.25) is 6.08 Å². The third-order valence-corrected chi connectivity index (χ3v) is 3.11. The van der Waals surface area contributed by atoms with Crippen molar-refractivity contribution in [1.29, 1.82) is 0 Å². The van der Waals surface area contributed by atoms with Crippen LogP contribution in [0.25, 0.3) is 0 Å². The van der Waals surface area contributed by atoms with E-state index in [-0.39, 0.29) is 11.3 Å². The summed E-state index contributed by atoms with van der Waals surface area (Å²) < 4.78 is 0. The normalized spacial score (nSPS) is 13.0. The van der Waals surface area contributed by atoms with Crippen molar-refractivity contribution >= 4 is 6.08 Å². The molecule has 0 aliphatic rings. The second-order valence-electron chi connectivity index (χ2n) is 5.65. The molecule has 0 aliphatic carbocycles. The van der Waals surface area contributed by atoms with E-state index in [1.165, 1.54) is 16.7 Å². The first-order valence-electron chi connectivity index (χ1n) is 6.01. The zero-order valence-electron chi connectivity index (χ0n) is 11.4. The maximum atomic E-state index is 10.2. The van der Waals surface area contributed by atoms with Crippen molar-refractivity contribution in [3.63, 3.8) is 0 Å². The lowest BCUT2D eigenvalue weighted by Crippen LogP contribution is -2.12. The number of carbonyl (C=O) groups excluding carboxylic acids is 1. The lowest BCUT2D eigenvalue weighted by molar-refractivity contribution is 0.561. The maximum absolute atomic E-state index is 10.2. The van der Waals surface area contributed by atoms with Crippen molar-refractivity contribution < 1.29 is 4.79 Å². The number of aliphatic imine (C=N–C) groups is 1. The van der Waals surface area contributed by atoms with Crippen LogP contribution in [0.3, 0.4) is 0 Å². The summed E-state index contributed by atoms with van der Waals surface area (Å²) in [5.41, 5.74) is 4.00. The third kappa shape index (κ3) is 3.54. The molecule has 1 unspecified atom stereocenters. The summed E-state index contributed by atoms with van der Waals surface area (Å²) in [7, 11) is 0. The minimum atomic E-state index is 0.149. The van der Waals surface area contributed by atoms with E-state index in [2.05, 4.69) is 57.8 Å². The van der Waals surface area contributed by atoms with Gasteiger partial charge in [-0.2, -0.15) is 0 Å². The van der Waals surface area contributed by atoms with Crippen LogP contribution in [0.1, 0.15) is 50.3 Å². The molecule has 0 spiro atoms. The van der Waals surface area contributed by atoms with Gasteiger partial charge in [0, 0.05) is 5.92 Å². The quantitative estimate of drug-likeness (QED) is 0.575. The number of isocyanates is 1. The predicted molar refractivity (Wildman–Crippen MR) is 71.3 cm³/mol. The first-order valence-corrected chi connectivity index (χ1v) is 6.01. The number of nitrogens with zero attached hydrogens (tertiary/aromatic N) is 1. The standard InChI is InChI=1S/C15H21NO/c1-11-6-7-13(15(3,4)5)8-14(11)12(2)9-16-10-17/h6-8,12H,9H2,1-5H3. The highest BCUT2D eigenvalue weighted by molar-refractivity contribution is 5.38. The molecule has 1 aromatic rings. The summed E-state index contributed by atoms with van der Waals surface area (Å²) in [5.74, 6) is 0.263. The summed E-state index contributed by atoms with van der Waals surface area (Å²) in [5, 5.41) is 0. The molecule has 1 rings (SSSR count). The van der Waals surface area contributed by atoms with Crippen molar-refractivity contribution in [3.8, 4) is 0 Å². The van der Waals surface area contributed by atoms with E-state index >= 15 is 0 Å². The van der Waals surface area contributed by atoms with Crippen LogP contribution in [0.2, 0.25) is 0 Å². The Morgan fingerprint density at radius 1 is 1.35 bits per heavy atom. The first kappa shape index (κ1) is 13.7. The van der Waals surface area contributed by atoms with Crippen molar-refractivity contribution in [2.75, 3.05) is 6.54 Å². The molecular formula is C15H21NO. The zero-order valence-corrected chi connectivity index (χ0v) is 11.4. The minimum Gasteiger partial charge on any atom is -0.211 e. The minimum absolute atomic E-state index is 0.149. The lowest BCUT2D eigenvalue weighted by atomic mass is 9.83. The molecule has 0 saturated heterocycles. The Morgan fingerprint density at radius 3 is 2.53 bits per heavy atom. The first-order chi connectivity index (χ1) is 7.86. The molecule has 1 atom stereocenters. The number of aryl methyl sites for hydroxylation is 1. The number of hydrogen-bond acceptors (Lipinski definition) is 2. The van der Waals surface area contributed by atoms with Gasteiger partial charge in [0.05, 0.1) is 6.54 Å². The van der Waals surface area contributed by atoms with E-state index in [4.69, 9.17) is 0 Å². The number of benzene rings is 1. The monoisotopic (exact) mass is 231 g/mol. The van der Waals surface area contributed by atoms with Crippen LogP contribution in [-0.4, -0.2) is 12.6 Å². The van der Waals surface area contributed by atoms with Gasteiger partial charge < -0.3 is 0 Å². The van der Waals surface area contributed by atoms with Gasteiger partial charge in [0.15, 0.2) is 0 Å². The van der Waals surface area contributed by atoms with Crippen molar-refractivity contribution in [1.82, 2.24) is 0 Å². The lowest BCUT2D eigenvalue weighted by Gasteiger charge is -2.22. The fourth-order valence-electron chi connectivity index (χ4n) is 1.91. The Bertz CT molecular complexity index is 437. The van der Waals surface area contributed by atoms with E-state index in [0.29, 0.717) is 6.54 Å². The summed E-state index contributed by atoms with van der Waals surface area (Å²) in [6, 6.07) is 6.56. The van der Waals surface area contributed by atoms with Gasteiger partial charge in [-0.15, -0.1) is 0 Å². The van der Waals surface area contributed by atoms with E-state index in [1.807, 2.05) is 0 Å². The molecule has 0 N–H and O–H groups in total. The maximum Gasteiger partial charge on any atom is 0.234 e. The van der Waals surface area contributed by atoms with Crippen LogP contribution >= 0.6 is 0 Å². The number of rotatable bonds is 3. The Hall–Kier alpha value is -1.40. The molecule has 0 bridgehead atoms. The predicted octanol–water partition coefficient (Wildman–Crippen LogP) is 3.73. The van der Waals surface area contributed by atoms with Gasteiger partial charge in [0.25, 0.3) is 0 Å². The van der Waals surface area contributed by atoms with Crippen LogP contribution in [0.5, 0.6) is 0 Å². The molecule has 0 saturated carbocycles. The molecule has 0 aliphatic heterocycles.